The van der Waals surface area contributed by atoms with Crippen LogP contribution in [0.2, 0.25) is 5.02 Å². The molecule has 1 heterocycles. The zero-order valence-electron chi connectivity index (χ0n) is 12.1. The van der Waals surface area contributed by atoms with Crippen LogP contribution < -0.4 is 10.1 Å². The van der Waals surface area contributed by atoms with Crippen molar-refractivity contribution >= 4 is 11.6 Å². The second-order valence-corrected chi connectivity index (χ2v) is 5.06. The van der Waals surface area contributed by atoms with Crippen molar-refractivity contribution in [2.45, 2.75) is 19.4 Å². The van der Waals surface area contributed by atoms with Gasteiger partial charge in [0.05, 0.1) is 7.11 Å². The van der Waals surface area contributed by atoms with Gasteiger partial charge in [0.1, 0.15) is 5.82 Å². The van der Waals surface area contributed by atoms with Gasteiger partial charge >= 0.3 is 0 Å². The van der Waals surface area contributed by atoms with Crippen LogP contribution in [-0.2, 0) is 6.42 Å². The Hall–Kier alpha value is -1.65. The van der Waals surface area contributed by atoms with Gasteiger partial charge < -0.3 is 10.1 Å². The Morgan fingerprint density at radius 2 is 2.19 bits per heavy atom. The van der Waals surface area contributed by atoms with Crippen LogP contribution in [0.1, 0.15) is 24.1 Å². The summed E-state index contributed by atoms with van der Waals surface area (Å²) >= 11 is 6.12. The second-order valence-electron chi connectivity index (χ2n) is 4.65. The number of halogens is 2. The minimum atomic E-state index is -0.331. The van der Waals surface area contributed by atoms with E-state index in [1.54, 1.807) is 19.4 Å². The molecule has 3 nitrogen and oxygen atoms in total. The maximum atomic E-state index is 13.1. The van der Waals surface area contributed by atoms with Crippen LogP contribution in [0, 0.1) is 5.82 Å². The van der Waals surface area contributed by atoms with Gasteiger partial charge in [0.25, 0.3) is 0 Å². The van der Waals surface area contributed by atoms with Crippen molar-refractivity contribution < 1.29 is 9.13 Å². The number of rotatable bonds is 6. The van der Waals surface area contributed by atoms with E-state index in [0.717, 1.165) is 17.7 Å². The largest absolute Gasteiger partial charge is 0.481 e. The van der Waals surface area contributed by atoms with Crippen LogP contribution in [0.25, 0.3) is 0 Å². The molecule has 1 atom stereocenters. The minimum absolute atomic E-state index is 0.00149. The Morgan fingerprint density at radius 3 is 2.86 bits per heavy atom. The maximum Gasteiger partial charge on any atom is 0.217 e. The quantitative estimate of drug-likeness (QED) is 0.882. The van der Waals surface area contributed by atoms with Gasteiger partial charge in [0.2, 0.25) is 5.88 Å². The van der Waals surface area contributed by atoms with E-state index in [9.17, 15) is 4.39 Å². The molecule has 0 fully saturated rings. The van der Waals surface area contributed by atoms with Gasteiger partial charge in [-0.3, -0.25) is 0 Å². The first-order valence-electron chi connectivity index (χ1n) is 6.82. The van der Waals surface area contributed by atoms with Crippen LogP contribution in [0.5, 0.6) is 5.88 Å². The van der Waals surface area contributed by atoms with Gasteiger partial charge in [-0.15, -0.1) is 0 Å². The Morgan fingerprint density at radius 1 is 1.38 bits per heavy atom. The lowest BCUT2D eigenvalue weighted by atomic mass is 9.99. The zero-order valence-corrected chi connectivity index (χ0v) is 12.8. The Balaban J connectivity index is 2.30. The van der Waals surface area contributed by atoms with Crippen molar-refractivity contribution in [1.29, 1.82) is 0 Å². The van der Waals surface area contributed by atoms with Crippen LogP contribution >= 0.6 is 11.6 Å². The molecule has 5 heteroatoms. The standard InChI is InChI=1S/C16H18ClFN2O/c1-3-19-15(13-5-4-8-20-16(13)21-2)9-11-6-7-12(18)10-14(11)17/h4-8,10,15,19H,3,9H2,1-2H3. The van der Waals surface area contributed by atoms with Crippen molar-refractivity contribution in [3.05, 3.63) is 58.5 Å². The molecule has 112 valence electrons. The third-order valence-electron chi connectivity index (χ3n) is 3.26. The molecule has 21 heavy (non-hydrogen) atoms. The second kappa shape index (κ2) is 7.38. The van der Waals surface area contributed by atoms with Gasteiger partial charge in [0, 0.05) is 22.8 Å². The summed E-state index contributed by atoms with van der Waals surface area (Å²) < 4.78 is 18.5. The van der Waals surface area contributed by atoms with Gasteiger partial charge in [-0.05, 0) is 36.7 Å². The average Bonchev–Trinajstić information content (AvgIpc) is 2.49. The lowest BCUT2D eigenvalue weighted by molar-refractivity contribution is 0.382. The fraction of sp³-hybridized carbons (Fsp3) is 0.312. The summed E-state index contributed by atoms with van der Waals surface area (Å²) in [5.41, 5.74) is 1.84. The third kappa shape index (κ3) is 3.93. The Kier molecular flexibility index (Phi) is 5.53. The molecule has 0 aliphatic carbocycles. The molecular formula is C16H18ClFN2O. The lowest BCUT2D eigenvalue weighted by Gasteiger charge is -2.20. The third-order valence-corrected chi connectivity index (χ3v) is 3.61. The van der Waals surface area contributed by atoms with Gasteiger partial charge in [-0.1, -0.05) is 30.7 Å². The van der Waals surface area contributed by atoms with Crippen LogP contribution in [0.4, 0.5) is 4.39 Å². The molecule has 0 aliphatic heterocycles. The summed E-state index contributed by atoms with van der Waals surface area (Å²) in [6.07, 6.45) is 2.32. The van der Waals surface area contributed by atoms with Gasteiger partial charge in [0.15, 0.2) is 0 Å². The predicted molar refractivity (Wildman–Crippen MR) is 82.3 cm³/mol. The van der Waals surface area contributed by atoms with E-state index < -0.39 is 0 Å². The molecule has 0 spiro atoms. The predicted octanol–water partition coefficient (Wildman–Crippen LogP) is 3.78. The molecule has 2 rings (SSSR count). The Labute approximate surface area is 129 Å². The van der Waals surface area contributed by atoms with Gasteiger partial charge in [-0.25, -0.2) is 9.37 Å². The highest BCUT2D eigenvalue weighted by Crippen LogP contribution is 2.28. The number of methoxy groups -OCH3 is 1. The molecular weight excluding hydrogens is 291 g/mol. The Bertz CT molecular complexity index is 607. The number of hydrogen-bond donors (Lipinski definition) is 1. The van der Waals surface area contributed by atoms with Gasteiger partial charge in [-0.2, -0.15) is 0 Å². The molecule has 1 N–H and O–H groups in total. The number of pyridine rings is 1. The van der Waals surface area contributed by atoms with Crippen molar-refractivity contribution in [2.75, 3.05) is 13.7 Å². The van der Waals surface area contributed by atoms with E-state index in [2.05, 4.69) is 10.3 Å². The lowest BCUT2D eigenvalue weighted by Crippen LogP contribution is -2.24. The van der Waals surface area contributed by atoms with Crippen LogP contribution in [0.15, 0.2) is 36.5 Å². The highest BCUT2D eigenvalue weighted by Gasteiger charge is 2.18. The number of likely N-dealkylation sites (N-methyl/N-ethyl adjacent to an activating group) is 1. The maximum absolute atomic E-state index is 13.1. The first-order valence-corrected chi connectivity index (χ1v) is 7.19. The zero-order chi connectivity index (χ0) is 15.2. The molecule has 2 aromatic rings. The number of aromatic nitrogens is 1. The summed E-state index contributed by atoms with van der Waals surface area (Å²) in [6.45, 7) is 2.82. The van der Waals surface area contributed by atoms with Crippen LogP contribution in [-0.4, -0.2) is 18.6 Å². The summed E-state index contributed by atoms with van der Waals surface area (Å²) in [7, 11) is 1.60. The van der Waals surface area contributed by atoms with E-state index >= 15 is 0 Å². The van der Waals surface area contributed by atoms with Crippen molar-refractivity contribution in [2.24, 2.45) is 0 Å². The fourth-order valence-corrected chi connectivity index (χ4v) is 2.53. The summed E-state index contributed by atoms with van der Waals surface area (Å²) in [5, 5.41) is 3.82. The molecule has 0 amide bonds. The number of hydrogen-bond acceptors (Lipinski definition) is 3. The number of ether oxygens (including phenoxy) is 1. The molecule has 0 saturated heterocycles. The summed E-state index contributed by atoms with van der Waals surface area (Å²) in [5.74, 6) is 0.254. The van der Waals surface area contributed by atoms with E-state index in [-0.39, 0.29) is 11.9 Å². The number of nitrogens with zero attached hydrogens (tertiary/aromatic N) is 1. The first-order chi connectivity index (χ1) is 10.2. The SMILES string of the molecule is CCNC(Cc1ccc(F)cc1Cl)c1cccnc1OC. The summed E-state index contributed by atoms with van der Waals surface area (Å²) in [6, 6.07) is 8.31. The molecule has 0 saturated carbocycles. The minimum Gasteiger partial charge on any atom is -0.481 e. The molecule has 0 aliphatic rings. The number of nitrogens with one attached hydrogen (secondary N) is 1. The van der Waals surface area contributed by atoms with E-state index in [0.29, 0.717) is 17.3 Å². The molecule has 1 aromatic heterocycles. The topological polar surface area (TPSA) is 34.2 Å². The van der Waals surface area contributed by atoms with E-state index in [1.807, 2.05) is 19.1 Å². The van der Waals surface area contributed by atoms with E-state index in [4.69, 9.17) is 16.3 Å². The van der Waals surface area contributed by atoms with E-state index in [1.165, 1.54) is 12.1 Å². The average molecular weight is 309 g/mol. The monoisotopic (exact) mass is 308 g/mol. The molecule has 1 aromatic carbocycles. The van der Waals surface area contributed by atoms with Crippen molar-refractivity contribution in [3.63, 3.8) is 0 Å². The smallest absolute Gasteiger partial charge is 0.217 e. The molecule has 1 unspecified atom stereocenters. The highest BCUT2D eigenvalue weighted by atomic mass is 35.5. The molecule has 0 radical (unpaired) electrons. The first kappa shape index (κ1) is 15.7. The number of benzene rings is 1. The van der Waals surface area contributed by atoms with Crippen molar-refractivity contribution in [3.8, 4) is 5.88 Å². The highest BCUT2D eigenvalue weighted by molar-refractivity contribution is 6.31. The normalized spacial score (nSPS) is 12.2. The fourth-order valence-electron chi connectivity index (χ4n) is 2.28. The summed E-state index contributed by atoms with van der Waals surface area (Å²) in [4.78, 5) is 4.22. The van der Waals surface area contributed by atoms with Crippen molar-refractivity contribution in [1.82, 2.24) is 10.3 Å². The van der Waals surface area contributed by atoms with Crippen LogP contribution in [0.3, 0.4) is 0 Å². The molecule has 0 bridgehead atoms.